The molecule has 0 saturated carbocycles. The smallest absolute Gasteiger partial charge is 0.150 e. The Hall–Kier alpha value is -1.97. The molecule has 0 atom stereocenters. The van der Waals surface area contributed by atoms with Gasteiger partial charge in [-0.05, 0) is 24.6 Å². The summed E-state index contributed by atoms with van der Waals surface area (Å²) in [6.07, 6.45) is 3.21. The summed E-state index contributed by atoms with van der Waals surface area (Å²) in [7, 11) is 1.80. The summed E-state index contributed by atoms with van der Waals surface area (Å²) in [5.74, 6) is -0.335. The number of carbonyl (C=O) groups is 1. The van der Waals surface area contributed by atoms with Crippen LogP contribution in [0, 0.1) is 5.82 Å². The number of rotatable bonds is 3. The van der Waals surface area contributed by atoms with Gasteiger partial charge in [0.15, 0.2) is 0 Å². The number of hydrogen-bond donors (Lipinski definition) is 0. The second kappa shape index (κ2) is 4.49. The van der Waals surface area contributed by atoms with Gasteiger partial charge in [0.05, 0.1) is 5.69 Å². The first-order valence-corrected chi connectivity index (χ1v) is 5.43. The monoisotopic (exact) mass is 232 g/mol. The van der Waals surface area contributed by atoms with Gasteiger partial charge in [-0.15, -0.1) is 0 Å². The van der Waals surface area contributed by atoms with E-state index in [0.717, 1.165) is 17.7 Å². The van der Waals surface area contributed by atoms with E-state index in [1.165, 1.54) is 12.1 Å². The molecule has 0 aliphatic carbocycles. The van der Waals surface area contributed by atoms with Crippen LogP contribution in [-0.4, -0.2) is 16.1 Å². The normalized spacial score (nSPS) is 10.5. The van der Waals surface area contributed by atoms with Crippen molar-refractivity contribution >= 4 is 6.29 Å². The van der Waals surface area contributed by atoms with Crippen molar-refractivity contribution in [2.75, 3.05) is 0 Å². The number of aldehydes is 1. The molecule has 2 aromatic rings. The minimum atomic E-state index is -0.335. The van der Waals surface area contributed by atoms with Crippen molar-refractivity contribution < 1.29 is 9.18 Å². The van der Waals surface area contributed by atoms with Gasteiger partial charge >= 0.3 is 0 Å². The molecule has 1 heterocycles. The molecular weight excluding hydrogens is 219 g/mol. The van der Waals surface area contributed by atoms with Crippen molar-refractivity contribution in [1.29, 1.82) is 0 Å². The third-order valence-corrected chi connectivity index (χ3v) is 2.66. The molecule has 17 heavy (non-hydrogen) atoms. The summed E-state index contributed by atoms with van der Waals surface area (Å²) in [5, 5.41) is 4.26. The van der Waals surface area contributed by atoms with E-state index in [1.54, 1.807) is 24.0 Å². The first-order valence-electron chi connectivity index (χ1n) is 5.43. The molecule has 0 bridgehead atoms. The number of hydrogen-bond acceptors (Lipinski definition) is 2. The number of nitrogens with zero attached hydrogens (tertiary/aromatic N) is 2. The average Bonchev–Trinajstić information content (AvgIpc) is 2.71. The topological polar surface area (TPSA) is 34.9 Å². The second-order valence-corrected chi connectivity index (χ2v) is 3.87. The van der Waals surface area contributed by atoms with Crippen LogP contribution in [-0.2, 0) is 13.5 Å². The Morgan fingerprint density at radius 1 is 1.41 bits per heavy atom. The first-order chi connectivity index (χ1) is 8.15. The molecule has 88 valence electrons. The van der Waals surface area contributed by atoms with Crippen LogP contribution in [0.5, 0.6) is 0 Å². The van der Waals surface area contributed by atoms with Crippen molar-refractivity contribution in [2.24, 2.45) is 7.05 Å². The van der Waals surface area contributed by atoms with Crippen molar-refractivity contribution in [3.8, 4) is 11.1 Å². The quantitative estimate of drug-likeness (QED) is 0.762. The van der Waals surface area contributed by atoms with Crippen molar-refractivity contribution in [2.45, 2.75) is 13.3 Å². The van der Waals surface area contributed by atoms with Gasteiger partial charge in [0.25, 0.3) is 0 Å². The molecule has 0 amide bonds. The van der Waals surface area contributed by atoms with Crippen LogP contribution in [0.1, 0.15) is 23.0 Å². The summed E-state index contributed by atoms with van der Waals surface area (Å²) in [6, 6.07) is 4.33. The fourth-order valence-electron chi connectivity index (χ4n) is 1.84. The third kappa shape index (κ3) is 2.11. The summed E-state index contributed by atoms with van der Waals surface area (Å²) in [6.45, 7) is 1.97. The average molecular weight is 232 g/mol. The minimum Gasteiger partial charge on any atom is -0.298 e. The van der Waals surface area contributed by atoms with Crippen LogP contribution in [0.15, 0.2) is 24.4 Å². The van der Waals surface area contributed by atoms with Gasteiger partial charge in [-0.1, -0.05) is 6.92 Å². The molecule has 0 fully saturated rings. The van der Waals surface area contributed by atoms with Gasteiger partial charge < -0.3 is 0 Å². The van der Waals surface area contributed by atoms with E-state index in [2.05, 4.69) is 5.10 Å². The van der Waals surface area contributed by atoms with Gasteiger partial charge in [-0.2, -0.15) is 5.10 Å². The highest BCUT2D eigenvalue weighted by atomic mass is 19.1. The van der Waals surface area contributed by atoms with Gasteiger partial charge in [0, 0.05) is 29.9 Å². The van der Waals surface area contributed by atoms with E-state index in [0.29, 0.717) is 17.4 Å². The van der Waals surface area contributed by atoms with E-state index in [-0.39, 0.29) is 5.82 Å². The highest BCUT2D eigenvalue weighted by Crippen LogP contribution is 2.26. The number of carbonyl (C=O) groups excluding carboxylic acids is 1. The molecule has 2 rings (SSSR count). The molecule has 0 unspecified atom stereocenters. The molecule has 0 aliphatic rings. The lowest BCUT2D eigenvalue weighted by Gasteiger charge is -2.03. The zero-order valence-corrected chi connectivity index (χ0v) is 9.77. The van der Waals surface area contributed by atoms with Crippen molar-refractivity contribution in [1.82, 2.24) is 9.78 Å². The Morgan fingerprint density at radius 2 is 2.18 bits per heavy atom. The summed E-state index contributed by atoms with van der Waals surface area (Å²) in [4.78, 5) is 10.7. The standard InChI is InChI=1S/C13H13FN2O/c1-3-13-11(7-16(2)15-13)10-6-9(8-17)4-5-12(10)14/h4-8H,3H2,1-2H3. The maximum atomic E-state index is 13.8. The lowest BCUT2D eigenvalue weighted by molar-refractivity contribution is 0.112. The van der Waals surface area contributed by atoms with Gasteiger partial charge in [-0.25, -0.2) is 4.39 Å². The lowest BCUT2D eigenvalue weighted by atomic mass is 10.0. The molecule has 0 radical (unpaired) electrons. The Labute approximate surface area is 98.9 Å². The van der Waals surface area contributed by atoms with Crippen LogP contribution in [0.3, 0.4) is 0 Å². The van der Waals surface area contributed by atoms with E-state index >= 15 is 0 Å². The van der Waals surface area contributed by atoms with Crippen LogP contribution in [0.25, 0.3) is 11.1 Å². The molecule has 0 N–H and O–H groups in total. The Bertz CT molecular complexity index is 561. The molecule has 0 saturated heterocycles. The Balaban J connectivity index is 2.62. The molecule has 0 aliphatic heterocycles. The maximum absolute atomic E-state index is 13.8. The van der Waals surface area contributed by atoms with Gasteiger partial charge in [0.1, 0.15) is 12.1 Å². The zero-order chi connectivity index (χ0) is 12.4. The largest absolute Gasteiger partial charge is 0.298 e. The predicted molar refractivity (Wildman–Crippen MR) is 63.4 cm³/mol. The predicted octanol–water partition coefficient (Wildman–Crippen LogP) is 2.60. The number of aryl methyl sites for hydroxylation is 2. The molecule has 1 aromatic heterocycles. The number of halogens is 1. The fourth-order valence-corrected chi connectivity index (χ4v) is 1.84. The molecule has 3 nitrogen and oxygen atoms in total. The van der Waals surface area contributed by atoms with E-state index in [4.69, 9.17) is 0 Å². The Kier molecular flexibility index (Phi) is 3.04. The minimum absolute atomic E-state index is 0.335. The zero-order valence-electron chi connectivity index (χ0n) is 9.77. The molecule has 4 heteroatoms. The second-order valence-electron chi connectivity index (χ2n) is 3.87. The molecular formula is C13H13FN2O. The summed E-state index contributed by atoms with van der Waals surface area (Å²) < 4.78 is 15.4. The van der Waals surface area contributed by atoms with E-state index in [9.17, 15) is 9.18 Å². The van der Waals surface area contributed by atoms with E-state index < -0.39 is 0 Å². The van der Waals surface area contributed by atoms with Crippen LogP contribution >= 0.6 is 0 Å². The van der Waals surface area contributed by atoms with Crippen LogP contribution in [0.4, 0.5) is 4.39 Å². The van der Waals surface area contributed by atoms with Gasteiger partial charge in [-0.3, -0.25) is 9.48 Å². The van der Waals surface area contributed by atoms with Crippen molar-refractivity contribution in [3.63, 3.8) is 0 Å². The highest BCUT2D eigenvalue weighted by molar-refractivity contribution is 5.79. The van der Waals surface area contributed by atoms with Crippen molar-refractivity contribution in [3.05, 3.63) is 41.5 Å². The van der Waals surface area contributed by atoms with Crippen LogP contribution < -0.4 is 0 Å². The molecule has 1 aromatic carbocycles. The number of benzene rings is 1. The third-order valence-electron chi connectivity index (χ3n) is 2.66. The number of aromatic nitrogens is 2. The Morgan fingerprint density at radius 3 is 2.82 bits per heavy atom. The highest BCUT2D eigenvalue weighted by Gasteiger charge is 2.13. The SMILES string of the molecule is CCc1nn(C)cc1-c1cc(C=O)ccc1F. The van der Waals surface area contributed by atoms with Crippen LogP contribution in [0.2, 0.25) is 0 Å². The fraction of sp³-hybridized carbons (Fsp3) is 0.231. The maximum Gasteiger partial charge on any atom is 0.150 e. The summed E-state index contributed by atoms with van der Waals surface area (Å²) in [5.41, 5.74) is 2.47. The molecule has 0 spiro atoms. The lowest BCUT2D eigenvalue weighted by Crippen LogP contribution is -1.91. The van der Waals surface area contributed by atoms with Gasteiger partial charge in [0.2, 0.25) is 0 Å². The van der Waals surface area contributed by atoms with E-state index in [1.807, 2.05) is 6.92 Å². The summed E-state index contributed by atoms with van der Waals surface area (Å²) >= 11 is 0. The first kappa shape index (κ1) is 11.5.